The average Bonchev–Trinajstić information content (AvgIpc) is 2.74. The van der Waals surface area contributed by atoms with Gasteiger partial charge in [-0.3, -0.25) is 9.59 Å². The molecule has 0 saturated heterocycles. The molecule has 0 fully saturated rings. The number of hydrogen-bond donors (Lipinski definition) is 1. The first-order valence-corrected chi connectivity index (χ1v) is 11.3. The van der Waals surface area contributed by atoms with Gasteiger partial charge in [0.2, 0.25) is 5.91 Å². The van der Waals surface area contributed by atoms with E-state index >= 15 is 0 Å². The van der Waals surface area contributed by atoms with Gasteiger partial charge in [0, 0.05) is 17.6 Å². The molecule has 30 heavy (non-hydrogen) atoms. The van der Waals surface area contributed by atoms with Crippen LogP contribution in [0.2, 0.25) is 10.0 Å². The van der Waals surface area contributed by atoms with Crippen LogP contribution in [0.15, 0.2) is 46.9 Å². The highest BCUT2D eigenvalue weighted by atomic mass is 79.9. The molecule has 0 heterocycles. The van der Waals surface area contributed by atoms with E-state index in [0.29, 0.717) is 28.8 Å². The smallest absolute Gasteiger partial charge is 0.261 e. The van der Waals surface area contributed by atoms with E-state index in [9.17, 15) is 9.59 Å². The summed E-state index contributed by atoms with van der Waals surface area (Å²) in [6, 6.07) is 11.8. The Morgan fingerprint density at radius 3 is 2.40 bits per heavy atom. The third-order valence-electron chi connectivity index (χ3n) is 4.45. The molecule has 5 nitrogen and oxygen atoms in total. The van der Waals surface area contributed by atoms with Crippen molar-refractivity contribution in [1.29, 1.82) is 0 Å². The van der Waals surface area contributed by atoms with Gasteiger partial charge in [-0.1, -0.05) is 59.0 Å². The second-order valence-corrected chi connectivity index (χ2v) is 8.46. The van der Waals surface area contributed by atoms with Crippen molar-refractivity contribution >= 4 is 50.9 Å². The summed E-state index contributed by atoms with van der Waals surface area (Å²) in [5.74, 6) is 0.100. The number of nitrogens with one attached hydrogen (secondary N) is 1. The van der Waals surface area contributed by atoms with Crippen LogP contribution in [-0.4, -0.2) is 35.9 Å². The van der Waals surface area contributed by atoms with Crippen molar-refractivity contribution in [1.82, 2.24) is 10.2 Å². The normalized spacial score (nSPS) is 11.6. The van der Waals surface area contributed by atoms with Gasteiger partial charge in [-0.05, 0) is 54.8 Å². The fraction of sp³-hybridized carbons (Fsp3) is 0.364. The molecule has 162 valence electrons. The monoisotopic (exact) mass is 514 g/mol. The maximum Gasteiger partial charge on any atom is 0.261 e. The summed E-state index contributed by atoms with van der Waals surface area (Å²) < 4.78 is 6.57. The number of hydrogen-bond acceptors (Lipinski definition) is 3. The molecule has 2 aromatic carbocycles. The van der Waals surface area contributed by atoms with Crippen LogP contribution >= 0.6 is 39.1 Å². The highest BCUT2D eigenvalue weighted by molar-refractivity contribution is 9.10. The first-order valence-electron chi connectivity index (χ1n) is 9.75. The van der Waals surface area contributed by atoms with Crippen molar-refractivity contribution in [3.8, 4) is 5.75 Å². The zero-order valence-corrected chi connectivity index (χ0v) is 20.1. The van der Waals surface area contributed by atoms with Crippen LogP contribution in [0.1, 0.15) is 32.3 Å². The van der Waals surface area contributed by atoms with E-state index in [0.717, 1.165) is 16.5 Å². The standard InChI is InChI=1S/C22H25BrCl2N2O3/c1-3-11-26-22(29)20(4-2)27(13-15-5-10-18(24)19(25)12-15)21(28)14-30-17-8-6-16(23)7-9-17/h5-10,12,20H,3-4,11,13-14H2,1-2H3,(H,26,29)/t20-/m0/s1. The molecule has 2 amide bonds. The third kappa shape index (κ3) is 7.18. The quantitative estimate of drug-likeness (QED) is 0.456. The number of rotatable bonds is 10. The Kier molecular flexibility index (Phi) is 9.95. The molecule has 0 radical (unpaired) electrons. The number of carbonyl (C=O) groups excluding carboxylic acids is 2. The van der Waals surface area contributed by atoms with Crippen LogP contribution in [0, 0.1) is 0 Å². The van der Waals surface area contributed by atoms with Crippen LogP contribution in [0.4, 0.5) is 0 Å². The van der Waals surface area contributed by atoms with Crippen molar-refractivity contribution < 1.29 is 14.3 Å². The van der Waals surface area contributed by atoms with E-state index in [1.165, 1.54) is 4.90 Å². The highest BCUT2D eigenvalue weighted by Gasteiger charge is 2.28. The van der Waals surface area contributed by atoms with Crippen LogP contribution < -0.4 is 10.1 Å². The number of nitrogens with zero attached hydrogens (tertiary/aromatic N) is 1. The lowest BCUT2D eigenvalue weighted by Crippen LogP contribution is -2.50. The van der Waals surface area contributed by atoms with Crippen LogP contribution in [0.25, 0.3) is 0 Å². The van der Waals surface area contributed by atoms with E-state index in [1.807, 2.05) is 26.0 Å². The maximum atomic E-state index is 13.1. The summed E-state index contributed by atoms with van der Waals surface area (Å²) in [4.78, 5) is 27.3. The zero-order chi connectivity index (χ0) is 22.1. The van der Waals surface area contributed by atoms with E-state index < -0.39 is 6.04 Å². The Labute approximate surface area is 195 Å². The molecule has 0 aliphatic rings. The number of amides is 2. The van der Waals surface area contributed by atoms with Crippen molar-refractivity contribution in [3.63, 3.8) is 0 Å². The molecule has 1 atom stereocenters. The van der Waals surface area contributed by atoms with Gasteiger partial charge < -0.3 is 15.0 Å². The molecule has 0 aromatic heterocycles. The summed E-state index contributed by atoms with van der Waals surface area (Å²) in [5.41, 5.74) is 0.781. The van der Waals surface area contributed by atoms with Gasteiger partial charge in [0.25, 0.3) is 5.91 Å². The number of benzene rings is 2. The molecular formula is C22H25BrCl2N2O3. The van der Waals surface area contributed by atoms with Crippen molar-refractivity contribution in [2.75, 3.05) is 13.2 Å². The van der Waals surface area contributed by atoms with Gasteiger partial charge in [0.1, 0.15) is 11.8 Å². The van der Waals surface area contributed by atoms with Crippen molar-refractivity contribution in [2.24, 2.45) is 0 Å². The van der Waals surface area contributed by atoms with Crippen LogP contribution in [0.5, 0.6) is 5.75 Å². The summed E-state index contributed by atoms with van der Waals surface area (Å²) >= 11 is 15.5. The average molecular weight is 516 g/mol. The van der Waals surface area contributed by atoms with E-state index in [1.54, 1.807) is 30.3 Å². The second kappa shape index (κ2) is 12.2. The Morgan fingerprint density at radius 2 is 1.80 bits per heavy atom. The van der Waals surface area contributed by atoms with E-state index in [4.69, 9.17) is 27.9 Å². The molecule has 0 saturated carbocycles. The minimum absolute atomic E-state index is 0.180. The van der Waals surface area contributed by atoms with E-state index in [2.05, 4.69) is 21.2 Å². The zero-order valence-electron chi connectivity index (χ0n) is 17.0. The molecule has 0 aliphatic carbocycles. The topological polar surface area (TPSA) is 58.6 Å². The molecule has 0 spiro atoms. The largest absolute Gasteiger partial charge is 0.484 e. The van der Waals surface area contributed by atoms with Crippen molar-refractivity contribution in [2.45, 2.75) is 39.3 Å². The molecule has 1 N–H and O–H groups in total. The third-order valence-corrected chi connectivity index (χ3v) is 5.72. The Hall–Kier alpha value is -1.76. The minimum atomic E-state index is -0.618. The summed E-state index contributed by atoms with van der Waals surface area (Å²) in [5, 5.41) is 3.71. The second-order valence-electron chi connectivity index (χ2n) is 6.73. The lowest BCUT2D eigenvalue weighted by molar-refractivity contribution is -0.143. The predicted molar refractivity (Wildman–Crippen MR) is 124 cm³/mol. The summed E-state index contributed by atoms with van der Waals surface area (Å²) in [6.07, 6.45) is 1.29. The van der Waals surface area contributed by atoms with E-state index in [-0.39, 0.29) is 25.0 Å². The molecule has 2 rings (SSSR count). The number of carbonyl (C=O) groups is 2. The number of halogens is 3. The molecule has 0 unspecified atom stereocenters. The summed E-state index contributed by atoms with van der Waals surface area (Å²) in [6.45, 7) is 4.45. The van der Waals surface area contributed by atoms with Gasteiger partial charge in [0.05, 0.1) is 10.0 Å². The first-order chi connectivity index (χ1) is 14.3. The number of ether oxygens (including phenoxy) is 1. The molecule has 0 aliphatic heterocycles. The van der Waals surface area contributed by atoms with Gasteiger partial charge in [-0.25, -0.2) is 0 Å². The van der Waals surface area contributed by atoms with Gasteiger partial charge >= 0.3 is 0 Å². The Morgan fingerprint density at radius 1 is 1.10 bits per heavy atom. The molecule has 0 bridgehead atoms. The van der Waals surface area contributed by atoms with Gasteiger partial charge in [0.15, 0.2) is 6.61 Å². The molecule has 2 aromatic rings. The van der Waals surface area contributed by atoms with Gasteiger partial charge in [-0.2, -0.15) is 0 Å². The maximum absolute atomic E-state index is 13.1. The predicted octanol–water partition coefficient (Wildman–Crippen LogP) is 5.47. The fourth-order valence-corrected chi connectivity index (χ4v) is 3.46. The van der Waals surface area contributed by atoms with Crippen LogP contribution in [-0.2, 0) is 16.1 Å². The SMILES string of the molecule is CCCNC(=O)[C@H](CC)N(Cc1ccc(Cl)c(Cl)c1)C(=O)COc1ccc(Br)cc1. The van der Waals surface area contributed by atoms with Crippen molar-refractivity contribution in [3.05, 3.63) is 62.5 Å². The molecule has 8 heteroatoms. The first kappa shape index (κ1) is 24.5. The highest BCUT2D eigenvalue weighted by Crippen LogP contribution is 2.24. The lowest BCUT2D eigenvalue weighted by atomic mass is 10.1. The summed E-state index contributed by atoms with van der Waals surface area (Å²) in [7, 11) is 0. The van der Waals surface area contributed by atoms with Crippen LogP contribution in [0.3, 0.4) is 0 Å². The molecular weight excluding hydrogens is 491 g/mol. The fourth-order valence-electron chi connectivity index (χ4n) is 2.88. The Bertz CT molecular complexity index is 862. The Balaban J connectivity index is 2.21. The lowest BCUT2D eigenvalue weighted by Gasteiger charge is -2.30. The van der Waals surface area contributed by atoms with Gasteiger partial charge in [-0.15, -0.1) is 0 Å². The minimum Gasteiger partial charge on any atom is -0.484 e.